The SMILES string of the molecule is O=C(C1CCC(C(O)O)CC1)N1CC[C@](c2ccc(-c3ccccc3)c(F)c2)(S(=O)(=O)c2ccc(F)cc2)C1. The van der Waals surface area contributed by atoms with Crippen LogP contribution in [0.5, 0.6) is 0 Å². The van der Waals surface area contributed by atoms with Gasteiger partial charge in [0.05, 0.1) is 4.90 Å². The van der Waals surface area contributed by atoms with Gasteiger partial charge in [-0.2, -0.15) is 0 Å². The van der Waals surface area contributed by atoms with Crippen LogP contribution in [0.15, 0.2) is 77.7 Å². The van der Waals surface area contributed by atoms with E-state index in [1.165, 1.54) is 23.1 Å². The second-order valence-electron chi connectivity index (χ2n) is 10.5. The maximum Gasteiger partial charge on any atom is 0.225 e. The van der Waals surface area contributed by atoms with Gasteiger partial charge in [0, 0.05) is 30.5 Å². The topological polar surface area (TPSA) is 94.9 Å². The first kappa shape index (κ1) is 27.4. The van der Waals surface area contributed by atoms with Crippen LogP contribution < -0.4 is 0 Å². The van der Waals surface area contributed by atoms with E-state index in [1.807, 2.05) is 6.07 Å². The summed E-state index contributed by atoms with van der Waals surface area (Å²) >= 11 is 0. The number of hydrogen-bond donors (Lipinski definition) is 2. The van der Waals surface area contributed by atoms with Gasteiger partial charge in [-0.05, 0) is 73.6 Å². The van der Waals surface area contributed by atoms with Gasteiger partial charge in [0.25, 0.3) is 0 Å². The molecule has 3 aromatic carbocycles. The number of benzene rings is 3. The summed E-state index contributed by atoms with van der Waals surface area (Å²) in [6, 6.07) is 17.9. The third-order valence-corrected chi connectivity index (χ3v) is 10.8. The third kappa shape index (κ3) is 5.11. The lowest BCUT2D eigenvalue weighted by Gasteiger charge is -2.33. The largest absolute Gasteiger partial charge is 0.368 e. The normalized spacial score (nSPS) is 23.8. The Labute approximate surface area is 226 Å². The van der Waals surface area contributed by atoms with E-state index >= 15 is 4.39 Å². The lowest BCUT2D eigenvalue weighted by Crippen LogP contribution is -2.43. The molecule has 39 heavy (non-hydrogen) atoms. The summed E-state index contributed by atoms with van der Waals surface area (Å²) in [4.78, 5) is 14.9. The number of rotatable bonds is 6. The molecule has 2 aliphatic rings. The number of likely N-dealkylation sites (tertiary alicyclic amines) is 1. The number of halogens is 2. The summed E-state index contributed by atoms with van der Waals surface area (Å²) in [6.45, 7) is 0.0160. The van der Waals surface area contributed by atoms with E-state index in [0.29, 0.717) is 36.8 Å². The maximum absolute atomic E-state index is 15.5. The van der Waals surface area contributed by atoms with Crippen molar-refractivity contribution in [2.75, 3.05) is 13.1 Å². The summed E-state index contributed by atoms with van der Waals surface area (Å²) in [7, 11) is -4.17. The second kappa shape index (κ2) is 10.8. The number of amides is 1. The van der Waals surface area contributed by atoms with Gasteiger partial charge in [0.1, 0.15) is 16.4 Å². The Balaban J connectivity index is 1.51. The quantitative estimate of drug-likeness (QED) is 0.341. The molecule has 1 atom stereocenters. The van der Waals surface area contributed by atoms with Crippen LogP contribution in [-0.4, -0.2) is 48.8 Å². The van der Waals surface area contributed by atoms with Crippen molar-refractivity contribution in [2.45, 2.75) is 48.0 Å². The number of nitrogens with zero attached hydrogens (tertiary/aromatic N) is 1. The predicted octanol–water partition coefficient (Wildman–Crippen LogP) is 4.65. The zero-order chi connectivity index (χ0) is 27.8. The van der Waals surface area contributed by atoms with Crippen molar-refractivity contribution in [3.05, 3.63) is 90.0 Å². The Bertz CT molecular complexity index is 1440. The van der Waals surface area contributed by atoms with Crippen molar-refractivity contribution in [3.63, 3.8) is 0 Å². The van der Waals surface area contributed by atoms with E-state index < -0.39 is 32.5 Å². The summed E-state index contributed by atoms with van der Waals surface area (Å²) in [5.41, 5.74) is 1.23. The number of carbonyl (C=O) groups excluding carboxylic acids is 1. The Hall–Kier alpha value is -3.14. The molecule has 2 fully saturated rings. The molecule has 1 aliphatic heterocycles. The van der Waals surface area contributed by atoms with Crippen molar-refractivity contribution >= 4 is 15.7 Å². The molecular formula is C30H31F2NO5S. The predicted molar refractivity (Wildman–Crippen MR) is 142 cm³/mol. The molecule has 1 heterocycles. The molecule has 1 saturated carbocycles. The Kier molecular flexibility index (Phi) is 7.59. The molecule has 206 valence electrons. The summed E-state index contributed by atoms with van der Waals surface area (Å²) in [6.07, 6.45) is 0.592. The molecule has 5 rings (SSSR count). The fraction of sp³-hybridized carbons (Fsp3) is 0.367. The molecule has 1 aliphatic carbocycles. The van der Waals surface area contributed by atoms with Crippen molar-refractivity contribution in [1.29, 1.82) is 0 Å². The third-order valence-electron chi connectivity index (χ3n) is 8.30. The molecule has 6 nitrogen and oxygen atoms in total. The summed E-state index contributed by atoms with van der Waals surface area (Å²) in [5.74, 6) is -1.96. The van der Waals surface area contributed by atoms with Gasteiger partial charge in [-0.3, -0.25) is 4.79 Å². The number of hydrogen-bond acceptors (Lipinski definition) is 5. The number of aliphatic hydroxyl groups is 2. The Morgan fingerprint density at radius 3 is 2.21 bits per heavy atom. The van der Waals surface area contributed by atoms with Gasteiger partial charge in [-0.1, -0.05) is 42.5 Å². The van der Waals surface area contributed by atoms with Crippen LogP contribution in [-0.2, 0) is 19.4 Å². The highest BCUT2D eigenvalue weighted by Crippen LogP contribution is 2.45. The van der Waals surface area contributed by atoms with Crippen LogP contribution >= 0.6 is 0 Å². The highest BCUT2D eigenvalue weighted by Gasteiger charge is 2.53. The Morgan fingerprint density at radius 2 is 1.59 bits per heavy atom. The Morgan fingerprint density at radius 1 is 0.923 bits per heavy atom. The van der Waals surface area contributed by atoms with Gasteiger partial charge >= 0.3 is 0 Å². The number of aliphatic hydroxyl groups excluding tert-OH is 1. The molecule has 0 aromatic heterocycles. The molecule has 9 heteroatoms. The van der Waals surface area contributed by atoms with E-state index in [-0.39, 0.29) is 47.7 Å². The van der Waals surface area contributed by atoms with Crippen LogP contribution in [0, 0.1) is 23.5 Å². The highest BCUT2D eigenvalue weighted by atomic mass is 32.2. The van der Waals surface area contributed by atoms with Gasteiger partial charge in [-0.25, -0.2) is 17.2 Å². The van der Waals surface area contributed by atoms with E-state index in [2.05, 4.69) is 0 Å². The fourth-order valence-corrected chi connectivity index (χ4v) is 8.06. The van der Waals surface area contributed by atoms with E-state index in [9.17, 15) is 27.8 Å². The number of carbonyl (C=O) groups is 1. The van der Waals surface area contributed by atoms with Crippen LogP contribution in [0.4, 0.5) is 8.78 Å². The molecule has 3 aromatic rings. The summed E-state index contributed by atoms with van der Waals surface area (Å²) < 4.78 is 55.8. The van der Waals surface area contributed by atoms with Gasteiger partial charge in [0.2, 0.25) is 5.91 Å². The van der Waals surface area contributed by atoms with Gasteiger partial charge in [0.15, 0.2) is 16.1 Å². The van der Waals surface area contributed by atoms with Crippen LogP contribution in [0.3, 0.4) is 0 Å². The maximum atomic E-state index is 15.5. The van der Waals surface area contributed by atoms with Gasteiger partial charge < -0.3 is 15.1 Å². The van der Waals surface area contributed by atoms with Crippen molar-refractivity contribution in [2.24, 2.45) is 11.8 Å². The molecule has 2 N–H and O–H groups in total. The first-order valence-electron chi connectivity index (χ1n) is 13.1. The molecule has 0 spiro atoms. The van der Waals surface area contributed by atoms with Crippen molar-refractivity contribution in [3.8, 4) is 11.1 Å². The first-order valence-corrected chi connectivity index (χ1v) is 14.6. The number of sulfone groups is 1. The van der Waals surface area contributed by atoms with Crippen LogP contribution in [0.2, 0.25) is 0 Å². The monoisotopic (exact) mass is 555 g/mol. The molecule has 0 unspecified atom stereocenters. The summed E-state index contributed by atoms with van der Waals surface area (Å²) in [5, 5.41) is 19.0. The molecular weight excluding hydrogens is 524 g/mol. The zero-order valence-electron chi connectivity index (χ0n) is 21.3. The zero-order valence-corrected chi connectivity index (χ0v) is 22.2. The van der Waals surface area contributed by atoms with Crippen LogP contribution in [0.1, 0.15) is 37.7 Å². The van der Waals surface area contributed by atoms with E-state index in [4.69, 9.17) is 0 Å². The van der Waals surface area contributed by atoms with Crippen LogP contribution in [0.25, 0.3) is 11.1 Å². The fourth-order valence-electron chi connectivity index (χ4n) is 5.99. The lowest BCUT2D eigenvalue weighted by molar-refractivity contribution is -0.138. The molecule has 1 saturated heterocycles. The molecule has 1 amide bonds. The first-order chi connectivity index (χ1) is 18.6. The minimum Gasteiger partial charge on any atom is -0.368 e. The second-order valence-corrected chi connectivity index (χ2v) is 12.8. The average molecular weight is 556 g/mol. The van der Waals surface area contributed by atoms with E-state index in [0.717, 1.165) is 12.1 Å². The van der Waals surface area contributed by atoms with E-state index in [1.54, 1.807) is 36.4 Å². The highest BCUT2D eigenvalue weighted by molar-refractivity contribution is 7.92. The standard InChI is InChI=1S/C30H31F2NO5S/c31-24-11-13-25(14-12-24)39(37,38)30(23-10-15-26(27(32)18-23)20-4-2-1-3-5-20)16-17-33(19-30)28(34)21-6-8-22(9-7-21)29(35)36/h1-5,10-15,18,21-22,29,35-36H,6-9,16-17,19H2/t21?,22?,30-/m0/s1. The minimum absolute atomic E-state index is 0.0628. The molecule has 0 bridgehead atoms. The smallest absolute Gasteiger partial charge is 0.225 e. The molecule has 0 radical (unpaired) electrons. The average Bonchev–Trinajstić information content (AvgIpc) is 3.41. The minimum atomic E-state index is -4.17. The van der Waals surface area contributed by atoms with Crippen molar-refractivity contribution < 1.29 is 32.2 Å². The van der Waals surface area contributed by atoms with Crippen molar-refractivity contribution in [1.82, 2.24) is 4.90 Å². The lowest BCUT2D eigenvalue weighted by atomic mass is 9.81. The van der Waals surface area contributed by atoms with Gasteiger partial charge in [-0.15, -0.1) is 0 Å².